The average Bonchev–Trinajstić information content (AvgIpc) is 2.53. The van der Waals surface area contributed by atoms with Gasteiger partial charge in [0.15, 0.2) is 12.4 Å². The van der Waals surface area contributed by atoms with E-state index in [0.29, 0.717) is 13.0 Å². The Bertz CT molecular complexity index is 536. The van der Waals surface area contributed by atoms with Crippen LogP contribution in [-0.4, -0.2) is 68.2 Å². The number of nitrogens with one attached hydrogen (secondary N) is 1. The minimum atomic E-state index is -0.926. The largest absolute Gasteiger partial charge is 0.463 e. The van der Waals surface area contributed by atoms with Gasteiger partial charge in [0.05, 0.1) is 6.61 Å². The lowest BCUT2D eigenvalue weighted by Crippen LogP contribution is -2.54. The number of carbonyl (C=O) groups excluding carboxylic acids is 4. The molecule has 1 fully saturated rings. The number of hydrogen-bond acceptors (Lipinski definition) is 9. The van der Waals surface area contributed by atoms with E-state index in [1.54, 1.807) is 0 Å². The number of carbonyl (C=O) groups is 4. The first-order valence-electron chi connectivity index (χ1n) is 8.68. The fourth-order valence-corrected chi connectivity index (χ4v) is 2.56. The van der Waals surface area contributed by atoms with Crippen molar-refractivity contribution in [2.24, 2.45) is 0 Å². The molecule has 0 saturated carbocycles. The first-order chi connectivity index (χ1) is 12.7. The Kier molecular flexibility index (Phi) is 9.73. The zero-order valence-electron chi connectivity index (χ0n) is 16.0. The summed E-state index contributed by atoms with van der Waals surface area (Å²) in [5, 5.41) is 2.64. The summed E-state index contributed by atoms with van der Waals surface area (Å²) in [6.07, 6.45) is -2.63. The molecule has 0 aromatic rings. The molecule has 0 spiro atoms. The molecule has 0 aliphatic carbocycles. The second kappa shape index (κ2) is 11.5. The van der Waals surface area contributed by atoms with Gasteiger partial charge in [-0.25, -0.2) is 0 Å². The second-order valence-electron chi connectivity index (χ2n) is 6.07. The average molecular weight is 389 g/mol. The van der Waals surface area contributed by atoms with Gasteiger partial charge in [0.25, 0.3) is 0 Å². The first-order valence-corrected chi connectivity index (χ1v) is 8.68. The highest BCUT2D eigenvalue weighted by atomic mass is 16.7. The van der Waals surface area contributed by atoms with Crippen molar-refractivity contribution < 1.29 is 42.9 Å². The number of rotatable bonds is 9. The molecule has 1 rings (SSSR count). The van der Waals surface area contributed by atoms with Gasteiger partial charge in [-0.2, -0.15) is 0 Å². The van der Waals surface area contributed by atoms with Gasteiger partial charge >= 0.3 is 17.9 Å². The number of amides is 1. The van der Waals surface area contributed by atoms with E-state index in [2.05, 4.69) is 5.32 Å². The van der Waals surface area contributed by atoms with Crippen molar-refractivity contribution in [3.8, 4) is 0 Å². The summed E-state index contributed by atoms with van der Waals surface area (Å²) in [7, 11) is 0. The van der Waals surface area contributed by atoms with E-state index >= 15 is 0 Å². The highest BCUT2D eigenvalue weighted by Gasteiger charge is 2.44. The molecule has 2 unspecified atom stereocenters. The molecule has 0 aromatic carbocycles. The molecule has 0 aromatic heterocycles. The molecule has 1 saturated heterocycles. The fraction of sp³-hybridized carbons (Fsp3) is 0.765. The highest BCUT2D eigenvalue weighted by Crippen LogP contribution is 2.27. The SMILES string of the molecule is CC(=O)NCCCO[C@H]1CC(OC(C)=O)[C@@H](OC(C)=O)C(COC(C)=O)O1. The number of esters is 3. The molecule has 10 heteroatoms. The number of ether oxygens (including phenoxy) is 5. The van der Waals surface area contributed by atoms with Crippen LogP contribution in [0.4, 0.5) is 0 Å². The first kappa shape index (κ1) is 22.8. The van der Waals surface area contributed by atoms with E-state index in [4.69, 9.17) is 23.7 Å². The van der Waals surface area contributed by atoms with E-state index < -0.39 is 42.5 Å². The van der Waals surface area contributed by atoms with Crippen LogP contribution in [0.1, 0.15) is 40.5 Å². The van der Waals surface area contributed by atoms with Crippen LogP contribution in [0.2, 0.25) is 0 Å². The molecule has 10 nitrogen and oxygen atoms in total. The van der Waals surface area contributed by atoms with E-state index in [0.717, 1.165) is 0 Å². The zero-order chi connectivity index (χ0) is 20.4. The topological polar surface area (TPSA) is 126 Å². The Morgan fingerprint density at radius 1 is 1.00 bits per heavy atom. The molecule has 1 aliphatic heterocycles. The van der Waals surface area contributed by atoms with Crippen LogP contribution in [-0.2, 0) is 42.9 Å². The smallest absolute Gasteiger partial charge is 0.303 e. The monoisotopic (exact) mass is 389 g/mol. The van der Waals surface area contributed by atoms with Crippen LogP contribution in [0.25, 0.3) is 0 Å². The maximum atomic E-state index is 11.4. The summed E-state index contributed by atoms with van der Waals surface area (Å²) in [6.45, 7) is 5.67. The Hall–Kier alpha value is -2.20. The van der Waals surface area contributed by atoms with Crippen LogP contribution in [0.5, 0.6) is 0 Å². The van der Waals surface area contributed by atoms with Crippen molar-refractivity contribution in [3.05, 3.63) is 0 Å². The second-order valence-corrected chi connectivity index (χ2v) is 6.07. The molecule has 1 amide bonds. The van der Waals surface area contributed by atoms with E-state index in [9.17, 15) is 19.2 Å². The lowest BCUT2D eigenvalue weighted by Gasteiger charge is -2.39. The van der Waals surface area contributed by atoms with Crippen molar-refractivity contribution in [2.45, 2.75) is 65.1 Å². The Morgan fingerprint density at radius 2 is 1.67 bits per heavy atom. The van der Waals surface area contributed by atoms with Gasteiger partial charge in [-0.15, -0.1) is 0 Å². The quantitative estimate of drug-likeness (QED) is 0.331. The minimum absolute atomic E-state index is 0.135. The molecule has 0 radical (unpaired) electrons. The van der Waals surface area contributed by atoms with Gasteiger partial charge < -0.3 is 29.0 Å². The standard InChI is InChI=1S/C17H27NO9/c1-10(19)18-6-5-7-23-16-8-14(25-12(3)21)17(26-13(4)22)15(27-16)9-24-11(2)20/h14-17H,5-9H2,1-4H3,(H,18,19)/t14?,15?,16-,17-/m1/s1. The summed E-state index contributed by atoms with van der Waals surface area (Å²) in [5.41, 5.74) is 0. The highest BCUT2D eigenvalue weighted by molar-refractivity contribution is 5.72. The molecule has 27 heavy (non-hydrogen) atoms. The van der Waals surface area contributed by atoms with Crippen LogP contribution >= 0.6 is 0 Å². The van der Waals surface area contributed by atoms with Crippen molar-refractivity contribution in [2.75, 3.05) is 19.8 Å². The summed E-state index contributed by atoms with van der Waals surface area (Å²) >= 11 is 0. The summed E-state index contributed by atoms with van der Waals surface area (Å²) in [6, 6.07) is 0. The van der Waals surface area contributed by atoms with Gasteiger partial charge in [0.2, 0.25) is 5.91 Å². The van der Waals surface area contributed by atoms with Crippen molar-refractivity contribution in [1.82, 2.24) is 5.32 Å². The van der Waals surface area contributed by atoms with Gasteiger partial charge in [0.1, 0.15) is 18.8 Å². The van der Waals surface area contributed by atoms with Gasteiger partial charge in [-0.3, -0.25) is 19.2 Å². The molecule has 1 N–H and O–H groups in total. The molecule has 0 bridgehead atoms. The van der Waals surface area contributed by atoms with Crippen LogP contribution in [0, 0.1) is 0 Å². The van der Waals surface area contributed by atoms with Gasteiger partial charge in [-0.05, 0) is 6.42 Å². The third-order valence-corrected chi connectivity index (χ3v) is 3.55. The summed E-state index contributed by atoms with van der Waals surface area (Å²) in [5.74, 6) is -1.79. The Morgan fingerprint density at radius 3 is 2.22 bits per heavy atom. The van der Waals surface area contributed by atoms with Crippen molar-refractivity contribution in [1.29, 1.82) is 0 Å². The van der Waals surface area contributed by atoms with E-state index in [1.165, 1.54) is 27.7 Å². The molecule has 1 heterocycles. The maximum absolute atomic E-state index is 11.4. The Balaban J connectivity index is 2.74. The van der Waals surface area contributed by atoms with Gasteiger partial charge in [0, 0.05) is 40.7 Å². The zero-order valence-corrected chi connectivity index (χ0v) is 16.0. The third kappa shape index (κ3) is 9.34. The maximum Gasteiger partial charge on any atom is 0.303 e. The van der Waals surface area contributed by atoms with E-state index in [1.807, 2.05) is 0 Å². The third-order valence-electron chi connectivity index (χ3n) is 3.55. The molecule has 1 aliphatic rings. The molecule has 154 valence electrons. The predicted molar refractivity (Wildman–Crippen MR) is 90.3 cm³/mol. The lowest BCUT2D eigenvalue weighted by atomic mass is 10.0. The fourth-order valence-electron chi connectivity index (χ4n) is 2.56. The Labute approximate surface area is 157 Å². The van der Waals surface area contributed by atoms with Crippen molar-refractivity contribution >= 4 is 23.8 Å². The summed E-state index contributed by atoms with van der Waals surface area (Å²) in [4.78, 5) is 44.8. The van der Waals surface area contributed by atoms with Crippen molar-refractivity contribution in [3.63, 3.8) is 0 Å². The van der Waals surface area contributed by atoms with Gasteiger partial charge in [-0.1, -0.05) is 0 Å². The normalized spacial score (nSPS) is 24.6. The van der Waals surface area contributed by atoms with Crippen LogP contribution < -0.4 is 5.32 Å². The van der Waals surface area contributed by atoms with Crippen LogP contribution in [0.15, 0.2) is 0 Å². The van der Waals surface area contributed by atoms with E-state index in [-0.39, 0.29) is 25.5 Å². The predicted octanol–water partition coefficient (Wildman–Crippen LogP) is 0.0707. The summed E-state index contributed by atoms with van der Waals surface area (Å²) < 4.78 is 26.8. The minimum Gasteiger partial charge on any atom is -0.463 e. The number of hydrogen-bond donors (Lipinski definition) is 1. The molecular formula is C17H27NO9. The van der Waals surface area contributed by atoms with Crippen LogP contribution in [0.3, 0.4) is 0 Å². The molecular weight excluding hydrogens is 362 g/mol. The molecule has 4 atom stereocenters. The lowest BCUT2D eigenvalue weighted by molar-refractivity contribution is -0.266.